The highest BCUT2D eigenvalue weighted by Gasteiger charge is 2.39. The van der Waals surface area contributed by atoms with Crippen molar-refractivity contribution in [1.82, 2.24) is 0 Å². The average Bonchev–Trinajstić information content (AvgIpc) is 2.34. The number of carbonyl (C=O) groups excluding carboxylic acids is 1. The molecule has 0 radical (unpaired) electrons. The largest absolute Gasteiger partial charge is 0.412 e. The first-order chi connectivity index (χ1) is 8.96. The van der Waals surface area contributed by atoms with E-state index in [4.69, 9.17) is 43.1 Å². The summed E-state index contributed by atoms with van der Waals surface area (Å²) in [6.45, 7) is 1.64. The standard InChI is InChI=1S/C12H15Cl2NO4/c1-3-12(18-7-17-2,19-11(15)16)10-8(13)5-4-6-9(10)14/h4-6H,3,7H2,1-2H3,(H2,15,16)/t12-/m1/s1. The van der Waals surface area contributed by atoms with Gasteiger partial charge in [-0.25, -0.2) is 4.79 Å². The monoisotopic (exact) mass is 307 g/mol. The summed E-state index contributed by atoms with van der Waals surface area (Å²) in [7, 11) is 1.44. The Morgan fingerprint density at radius 1 is 1.37 bits per heavy atom. The lowest BCUT2D eigenvalue weighted by Gasteiger charge is -2.32. The van der Waals surface area contributed by atoms with E-state index in [0.29, 0.717) is 15.6 Å². The molecule has 0 aliphatic carbocycles. The lowest BCUT2D eigenvalue weighted by atomic mass is 10.0. The van der Waals surface area contributed by atoms with Crippen LogP contribution in [0.15, 0.2) is 18.2 Å². The van der Waals surface area contributed by atoms with Crippen molar-refractivity contribution in [3.8, 4) is 0 Å². The molecule has 0 spiro atoms. The van der Waals surface area contributed by atoms with Crippen LogP contribution in [0.4, 0.5) is 4.79 Å². The van der Waals surface area contributed by atoms with Gasteiger partial charge in [-0.1, -0.05) is 36.2 Å². The van der Waals surface area contributed by atoms with Crippen LogP contribution in [0.2, 0.25) is 10.0 Å². The number of rotatable bonds is 6. The number of carbonyl (C=O) groups is 1. The highest BCUT2D eigenvalue weighted by molar-refractivity contribution is 6.36. The highest BCUT2D eigenvalue weighted by atomic mass is 35.5. The lowest BCUT2D eigenvalue weighted by Crippen LogP contribution is -2.38. The summed E-state index contributed by atoms with van der Waals surface area (Å²) in [5, 5.41) is 0.624. The van der Waals surface area contributed by atoms with Crippen molar-refractivity contribution in [1.29, 1.82) is 0 Å². The van der Waals surface area contributed by atoms with Gasteiger partial charge in [-0.05, 0) is 12.1 Å². The molecule has 1 atom stereocenters. The van der Waals surface area contributed by atoms with Crippen LogP contribution >= 0.6 is 23.2 Å². The summed E-state index contributed by atoms with van der Waals surface area (Å²) in [5.74, 6) is -1.47. The minimum Gasteiger partial charge on any atom is -0.412 e. The fourth-order valence-electron chi connectivity index (χ4n) is 1.68. The van der Waals surface area contributed by atoms with Gasteiger partial charge < -0.3 is 19.9 Å². The molecule has 7 heteroatoms. The van der Waals surface area contributed by atoms with Crippen molar-refractivity contribution < 1.29 is 19.0 Å². The van der Waals surface area contributed by atoms with Gasteiger partial charge in [0, 0.05) is 13.5 Å². The van der Waals surface area contributed by atoms with Crippen molar-refractivity contribution in [2.75, 3.05) is 13.9 Å². The third-order valence-electron chi connectivity index (χ3n) is 2.48. The molecule has 19 heavy (non-hydrogen) atoms. The average molecular weight is 308 g/mol. The Morgan fingerprint density at radius 2 is 1.95 bits per heavy atom. The SMILES string of the molecule is CC[C@@](OCOC)(OC(N)=O)c1c(Cl)cccc1Cl. The van der Waals surface area contributed by atoms with Crippen LogP contribution in [0, 0.1) is 0 Å². The predicted molar refractivity (Wildman–Crippen MR) is 72.1 cm³/mol. The van der Waals surface area contributed by atoms with Crippen molar-refractivity contribution >= 4 is 29.3 Å². The van der Waals surface area contributed by atoms with Crippen LogP contribution in [0.5, 0.6) is 0 Å². The maximum absolute atomic E-state index is 11.1. The molecule has 0 bridgehead atoms. The molecule has 0 aliphatic heterocycles. The lowest BCUT2D eigenvalue weighted by molar-refractivity contribution is -0.249. The third kappa shape index (κ3) is 3.73. The maximum Gasteiger partial charge on any atom is 0.407 e. The van der Waals surface area contributed by atoms with E-state index in [1.54, 1.807) is 25.1 Å². The molecular formula is C12H15Cl2NO4. The second kappa shape index (κ2) is 6.96. The number of nitrogens with two attached hydrogens (primary N) is 1. The second-order valence-corrected chi connectivity index (χ2v) is 4.49. The van der Waals surface area contributed by atoms with Crippen LogP contribution in [-0.4, -0.2) is 20.0 Å². The van der Waals surface area contributed by atoms with E-state index < -0.39 is 11.9 Å². The molecule has 1 aromatic carbocycles. The van der Waals surface area contributed by atoms with E-state index in [9.17, 15) is 4.79 Å². The van der Waals surface area contributed by atoms with Crippen LogP contribution in [-0.2, 0) is 20.0 Å². The molecule has 106 valence electrons. The molecule has 0 saturated carbocycles. The summed E-state index contributed by atoms with van der Waals surface area (Å²) < 4.78 is 15.4. The number of benzene rings is 1. The minimum atomic E-state index is -1.47. The van der Waals surface area contributed by atoms with E-state index in [0.717, 1.165) is 0 Å². The highest BCUT2D eigenvalue weighted by Crippen LogP contribution is 2.40. The van der Waals surface area contributed by atoms with Gasteiger partial charge in [0.2, 0.25) is 5.79 Å². The van der Waals surface area contributed by atoms with Gasteiger partial charge in [-0.15, -0.1) is 0 Å². The quantitative estimate of drug-likeness (QED) is 0.819. The number of hydrogen-bond donors (Lipinski definition) is 1. The normalized spacial score (nSPS) is 13.9. The van der Waals surface area contributed by atoms with E-state index in [1.165, 1.54) is 7.11 Å². The fourth-order valence-corrected chi connectivity index (χ4v) is 2.37. The molecule has 5 nitrogen and oxygen atoms in total. The summed E-state index contributed by atoms with van der Waals surface area (Å²) in [6.07, 6.45) is -0.725. The van der Waals surface area contributed by atoms with Gasteiger partial charge in [0.05, 0.1) is 15.6 Å². The first-order valence-electron chi connectivity index (χ1n) is 5.52. The molecule has 1 amide bonds. The van der Waals surface area contributed by atoms with E-state index in [-0.39, 0.29) is 13.2 Å². The van der Waals surface area contributed by atoms with Gasteiger partial charge in [0.25, 0.3) is 0 Å². The Morgan fingerprint density at radius 3 is 2.37 bits per heavy atom. The Bertz CT molecular complexity index is 435. The molecule has 0 aromatic heterocycles. The number of amides is 1. The fraction of sp³-hybridized carbons (Fsp3) is 0.417. The van der Waals surface area contributed by atoms with Gasteiger partial charge in [0.15, 0.2) is 6.79 Å². The zero-order chi connectivity index (χ0) is 14.5. The summed E-state index contributed by atoms with van der Waals surface area (Å²) in [4.78, 5) is 11.1. The molecule has 0 unspecified atom stereocenters. The van der Waals surface area contributed by atoms with Gasteiger partial charge >= 0.3 is 6.09 Å². The zero-order valence-corrected chi connectivity index (χ0v) is 12.1. The molecular weight excluding hydrogens is 293 g/mol. The Balaban J connectivity index is 3.31. The molecule has 0 saturated heterocycles. The molecule has 0 fully saturated rings. The molecule has 1 aromatic rings. The zero-order valence-electron chi connectivity index (χ0n) is 10.6. The van der Waals surface area contributed by atoms with Crippen LogP contribution in [0.1, 0.15) is 18.9 Å². The number of halogens is 2. The first kappa shape index (κ1) is 16.0. The summed E-state index contributed by atoms with van der Waals surface area (Å²) >= 11 is 12.2. The van der Waals surface area contributed by atoms with E-state index in [1.807, 2.05) is 0 Å². The number of ether oxygens (including phenoxy) is 3. The summed E-state index contributed by atoms with van der Waals surface area (Å²) in [6, 6.07) is 4.91. The Kier molecular flexibility index (Phi) is 5.87. The Labute approximate surface area is 121 Å². The van der Waals surface area contributed by atoms with Crippen LogP contribution < -0.4 is 5.73 Å². The molecule has 1 rings (SSSR count). The van der Waals surface area contributed by atoms with Crippen molar-refractivity contribution in [3.05, 3.63) is 33.8 Å². The smallest absolute Gasteiger partial charge is 0.407 e. The van der Waals surface area contributed by atoms with Gasteiger partial charge in [-0.2, -0.15) is 0 Å². The van der Waals surface area contributed by atoms with Crippen molar-refractivity contribution in [2.45, 2.75) is 19.1 Å². The first-order valence-corrected chi connectivity index (χ1v) is 6.28. The van der Waals surface area contributed by atoms with Crippen molar-refractivity contribution in [3.63, 3.8) is 0 Å². The Hall–Kier alpha value is -1.01. The topological polar surface area (TPSA) is 70.8 Å². The van der Waals surface area contributed by atoms with Crippen LogP contribution in [0.25, 0.3) is 0 Å². The predicted octanol–water partition coefficient (Wildman–Crippen LogP) is 3.27. The molecule has 0 aliphatic rings. The second-order valence-electron chi connectivity index (χ2n) is 3.68. The third-order valence-corrected chi connectivity index (χ3v) is 3.11. The minimum absolute atomic E-state index is 0.108. The summed E-state index contributed by atoms with van der Waals surface area (Å²) in [5.41, 5.74) is 5.44. The van der Waals surface area contributed by atoms with E-state index in [2.05, 4.69) is 0 Å². The maximum atomic E-state index is 11.1. The van der Waals surface area contributed by atoms with Crippen LogP contribution in [0.3, 0.4) is 0 Å². The van der Waals surface area contributed by atoms with Gasteiger partial charge in [0.1, 0.15) is 0 Å². The van der Waals surface area contributed by atoms with Crippen molar-refractivity contribution in [2.24, 2.45) is 5.73 Å². The van der Waals surface area contributed by atoms with Gasteiger partial charge in [-0.3, -0.25) is 0 Å². The molecule has 0 heterocycles. The number of methoxy groups -OCH3 is 1. The van der Waals surface area contributed by atoms with E-state index >= 15 is 0 Å². The number of primary amides is 1. The number of hydrogen-bond acceptors (Lipinski definition) is 4. The molecule has 2 N–H and O–H groups in total.